The number of fused-ring (bicyclic) bond motifs is 1. The van der Waals surface area contributed by atoms with Gasteiger partial charge >= 0.3 is 0 Å². The number of hydrogen-bond acceptors (Lipinski definition) is 6. The van der Waals surface area contributed by atoms with Gasteiger partial charge < -0.3 is 14.2 Å². The van der Waals surface area contributed by atoms with Crippen molar-refractivity contribution in [2.75, 3.05) is 21.0 Å². The van der Waals surface area contributed by atoms with Gasteiger partial charge in [-0.15, -0.1) is 0 Å². The maximum atomic E-state index is 12.1. The average Bonchev–Trinajstić information content (AvgIpc) is 2.98. The first-order valence-electron chi connectivity index (χ1n) is 6.05. The van der Waals surface area contributed by atoms with Crippen LogP contribution < -0.4 is 14.2 Å². The van der Waals surface area contributed by atoms with E-state index in [0.717, 1.165) is 5.56 Å². The van der Waals surface area contributed by atoms with Gasteiger partial charge in [-0.2, -0.15) is 0 Å². The number of thioether (sulfide) groups is 1. The minimum absolute atomic E-state index is 0.0275. The van der Waals surface area contributed by atoms with Crippen LogP contribution in [0.2, 0.25) is 0 Å². The maximum absolute atomic E-state index is 12.1. The molecule has 1 saturated heterocycles. The van der Waals surface area contributed by atoms with Crippen LogP contribution in [0.1, 0.15) is 5.56 Å². The molecule has 0 unspecified atom stereocenters. The molecule has 0 saturated carbocycles. The van der Waals surface area contributed by atoms with Gasteiger partial charge in [0.2, 0.25) is 12.7 Å². The fourth-order valence-electron chi connectivity index (χ4n) is 2.20. The van der Waals surface area contributed by atoms with E-state index in [1.54, 1.807) is 20.2 Å². The first-order chi connectivity index (χ1) is 9.60. The molecule has 3 rings (SSSR count). The van der Waals surface area contributed by atoms with E-state index in [-0.39, 0.29) is 18.0 Å². The number of rotatable bonds is 3. The van der Waals surface area contributed by atoms with Crippen LogP contribution in [0.5, 0.6) is 17.2 Å². The standard InChI is InChI=1S/C13H13NO4S2/c1-14-12(15)11(20-13(14)19)4-7-3-9-10(18-6-17-9)5-8(7)16-2/h3,5,11H,4,6H2,1-2H3/t11-/m0/s1. The fraction of sp³-hybridized carbons (Fsp3) is 0.385. The Hall–Kier alpha value is -1.47. The van der Waals surface area contributed by atoms with Crippen LogP contribution in [0.25, 0.3) is 0 Å². The molecule has 2 heterocycles. The topological polar surface area (TPSA) is 48.0 Å². The molecule has 20 heavy (non-hydrogen) atoms. The zero-order chi connectivity index (χ0) is 14.3. The van der Waals surface area contributed by atoms with E-state index in [2.05, 4.69) is 0 Å². The van der Waals surface area contributed by atoms with E-state index in [1.807, 2.05) is 6.07 Å². The zero-order valence-corrected chi connectivity index (χ0v) is 12.7. The van der Waals surface area contributed by atoms with Crippen LogP contribution in [-0.2, 0) is 11.2 Å². The Balaban J connectivity index is 1.87. The Morgan fingerprint density at radius 3 is 2.75 bits per heavy atom. The van der Waals surface area contributed by atoms with Crippen molar-refractivity contribution in [2.45, 2.75) is 11.7 Å². The lowest BCUT2D eigenvalue weighted by Gasteiger charge is -2.12. The van der Waals surface area contributed by atoms with Gasteiger partial charge in [0, 0.05) is 13.1 Å². The Morgan fingerprint density at radius 1 is 1.45 bits per heavy atom. The van der Waals surface area contributed by atoms with Crippen molar-refractivity contribution in [1.82, 2.24) is 4.90 Å². The molecule has 7 heteroatoms. The molecule has 1 atom stereocenters. The van der Waals surface area contributed by atoms with Crippen molar-refractivity contribution in [1.29, 1.82) is 0 Å². The molecule has 0 N–H and O–H groups in total. The van der Waals surface area contributed by atoms with Crippen LogP contribution >= 0.6 is 24.0 Å². The molecule has 5 nitrogen and oxygen atoms in total. The molecule has 1 aromatic carbocycles. The van der Waals surface area contributed by atoms with E-state index in [1.165, 1.54) is 16.7 Å². The molecule has 0 spiro atoms. The molecule has 0 radical (unpaired) electrons. The third-order valence-corrected chi connectivity index (χ3v) is 4.99. The summed E-state index contributed by atoms with van der Waals surface area (Å²) in [6, 6.07) is 3.67. The van der Waals surface area contributed by atoms with Crippen molar-refractivity contribution in [3.05, 3.63) is 17.7 Å². The van der Waals surface area contributed by atoms with Gasteiger partial charge in [-0.25, -0.2) is 0 Å². The van der Waals surface area contributed by atoms with Crippen molar-refractivity contribution >= 4 is 34.2 Å². The molecule has 2 aliphatic rings. The summed E-state index contributed by atoms with van der Waals surface area (Å²) < 4.78 is 16.7. The SMILES string of the molecule is COc1cc2c(cc1C[C@@H]1SC(=S)N(C)C1=O)OCO2. The predicted octanol–water partition coefficient (Wildman–Crippen LogP) is 1.83. The van der Waals surface area contributed by atoms with Crippen LogP contribution in [0.4, 0.5) is 0 Å². The minimum atomic E-state index is -0.207. The average molecular weight is 311 g/mol. The van der Waals surface area contributed by atoms with Crippen LogP contribution in [0.15, 0.2) is 12.1 Å². The lowest BCUT2D eigenvalue weighted by atomic mass is 10.1. The van der Waals surface area contributed by atoms with Crippen LogP contribution in [0, 0.1) is 0 Å². The van der Waals surface area contributed by atoms with Crippen molar-refractivity contribution in [3.8, 4) is 17.2 Å². The van der Waals surface area contributed by atoms with Gasteiger partial charge in [0.1, 0.15) is 10.1 Å². The summed E-state index contributed by atoms with van der Waals surface area (Å²) in [6.45, 7) is 0.214. The summed E-state index contributed by atoms with van der Waals surface area (Å²) in [6.07, 6.45) is 0.549. The van der Waals surface area contributed by atoms with Gasteiger partial charge in [0.15, 0.2) is 11.5 Å². The smallest absolute Gasteiger partial charge is 0.241 e. The third-order valence-electron chi connectivity index (χ3n) is 3.30. The number of amides is 1. The second-order valence-electron chi connectivity index (χ2n) is 4.49. The quantitative estimate of drug-likeness (QED) is 0.794. The number of thiocarbonyl (C=S) groups is 1. The highest BCUT2D eigenvalue weighted by Crippen LogP contribution is 2.40. The summed E-state index contributed by atoms with van der Waals surface area (Å²) >= 11 is 6.55. The first kappa shape index (κ1) is 13.5. The molecular weight excluding hydrogens is 298 g/mol. The van der Waals surface area contributed by atoms with Crippen LogP contribution in [0.3, 0.4) is 0 Å². The van der Waals surface area contributed by atoms with E-state index in [0.29, 0.717) is 28.0 Å². The lowest BCUT2D eigenvalue weighted by molar-refractivity contribution is -0.125. The molecule has 2 aliphatic heterocycles. The predicted molar refractivity (Wildman–Crippen MR) is 79.6 cm³/mol. The molecule has 106 valence electrons. The maximum Gasteiger partial charge on any atom is 0.241 e. The molecule has 0 aliphatic carbocycles. The van der Waals surface area contributed by atoms with E-state index < -0.39 is 0 Å². The molecule has 1 aromatic rings. The molecule has 1 amide bonds. The van der Waals surface area contributed by atoms with Gasteiger partial charge in [-0.3, -0.25) is 9.69 Å². The largest absolute Gasteiger partial charge is 0.496 e. The van der Waals surface area contributed by atoms with Gasteiger partial charge in [0.25, 0.3) is 0 Å². The lowest BCUT2D eigenvalue weighted by Crippen LogP contribution is -2.28. The highest BCUT2D eigenvalue weighted by molar-refractivity contribution is 8.24. The normalized spacial score (nSPS) is 20.7. The second kappa shape index (κ2) is 5.14. The molecule has 1 fully saturated rings. The number of carbonyl (C=O) groups is 1. The number of benzene rings is 1. The number of nitrogens with zero attached hydrogens (tertiary/aromatic N) is 1. The first-order valence-corrected chi connectivity index (χ1v) is 7.33. The molecule has 0 bridgehead atoms. The Kier molecular flexibility index (Phi) is 3.47. The summed E-state index contributed by atoms with van der Waals surface area (Å²) in [4.78, 5) is 13.6. The molecule has 0 aromatic heterocycles. The number of carbonyl (C=O) groups excluding carboxylic acids is 1. The summed E-state index contributed by atoms with van der Waals surface area (Å²) in [5, 5.41) is -0.207. The molecular formula is C13H13NO4S2. The third kappa shape index (κ3) is 2.20. The fourth-order valence-corrected chi connectivity index (χ4v) is 3.65. The van der Waals surface area contributed by atoms with Gasteiger partial charge in [-0.05, 0) is 18.1 Å². The van der Waals surface area contributed by atoms with Gasteiger partial charge in [-0.1, -0.05) is 24.0 Å². The zero-order valence-electron chi connectivity index (χ0n) is 11.0. The number of hydrogen-bond donors (Lipinski definition) is 0. The number of methoxy groups -OCH3 is 1. The Morgan fingerprint density at radius 2 is 2.15 bits per heavy atom. The monoisotopic (exact) mass is 311 g/mol. The van der Waals surface area contributed by atoms with E-state index in [9.17, 15) is 4.79 Å². The summed E-state index contributed by atoms with van der Waals surface area (Å²) in [5.74, 6) is 2.08. The Labute approximate surface area is 126 Å². The highest BCUT2D eigenvalue weighted by atomic mass is 32.2. The highest BCUT2D eigenvalue weighted by Gasteiger charge is 2.35. The van der Waals surface area contributed by atoms with Crippen molar-refractivity contribution < 1.29 is 19.0 Å². The second-order valence-corrected chi connectivity index (χ2v) is 6.33. The number of ether oxygens (including phenoxy) is 3. The van der Waals surface area contributed by atoms with Crippen LogP contribution in [-0.4, -0.2) is 41.3 Å². The van der Waals surface area contributed by atoms with Gasteiger partial charge in [0.05, 0.1) is 12.4 Å². The Bertz CT molecular complexity index is 590. The minimum Gasteiger partial charge on any atom is -0.496 e. The van der Waals surface area contributed by atoms with Crippen molar-refractivity contribution in [2.24, 2.45) is 0 Å². The van der Waals surface area contributed by atoms with E-state index >= 15 is 0 Å². The summed E-state index contributed by atoms with van der Waals surface area (Å²) in [5.41, 5.74) is 0.917. The van der Waals surface area contributed by atoms with Crippen molar-refractivity contribution in [3.63, 3.8) is 0 Å². The van der Waals surface area contributed by atoms with E-state index in [4.69, 9.17) is 26.4 Å². The summed E-state index contributed by atoms with van der Waals surface area (Å²) in [7, 11) is 3.30.